The van der Waals surface area contributed by atoms with E-state index in [2.05, 4.69) is 22.0 Å². The van der Waals surface area contributed by atoms with Gasteiger partial charge in [-0.25, -0.2) is 0 Å². The summed E-state index contributed by atoms with van der Waals surface area (Å²) in [7, 11) is 1.47. The van der Waals surface area contributed by atoms with Gasteiger partial charge < -0.3 is 14.8 Å². The van der Waals surface area contributed by atoms with Gasteiger partial charge >= 0.3 is 5.97 Å². The molecule has 2 aliphatic heterocycles. The number of methoxy groups -OCH3 is 1. The molecule has 2 N–H and O–H groups in total. The molecule has 1 aromatic carbocycles. The molecule has 0 spiro atoms. The molecular formula is C21H28N2O3. The highest BCUT2D eigenvalue weighted by molar-refractivity contribution is 5.88. The lowest BCUT2D eigenvalue weighted by atomic mass is 9.79. The van der Waals surface area contributed by atoms with Crippen LogP contribution in [0.5, 0.6) is 0 Å². The molecule has 0 aliphatic carbocycles. The van der Waals surface area contributed by atoms with E-state index in [-0.39, 0.29) is 17.8 Å². The molecule has 2 unspecified atom stereocenters. The Kier molecular flexibility index (Phi) is 4.53. The number of hydrogen-bond acceptors (Lipinski definition) is 4. The largest absolute Gasteiger partial charge is 0.469 e. The number of fused-ring (bicyclic) bond motifs is 5. The van der Waals surface area contributed by atoms with Crippen molar-refractivity contribution in [2.75, 3.05) is 26.7 Å². The first-order valence-electron chi connectivity index (χ1n) is 9.65. The summed E-state index contributed by atoms with van der Waals surface area (Å²) in [6.07, 6.45) is 3.09. The van der Waals surface area contributed by atoms with Crippen LogP contribution in [0.4, 0.5) is 0 Å². The van der Waals surface area contributed by atoms with Crippen LogP contribution >= 0.6 is 0 Å². The number of piperidine rings is 1. The van der Waals surface area contributed by atoms with Crippen molar-refractivity contribution in [3.8, 4) is 0 Å². The molecule has 4 atom stereocenters. The summed E-state index contributed by atoms with van der Waals surface area (Å²) in [5, 5.41) is 12.1. The third kappa shape index (κ3) is 3.03. The van der Waals surface area contributed by atoms with Crippen LogP contribution in [0.1, 0.15) is 43.4 Å². The molecule has 4 rings (SSSR count). The summed E-state index contributed by atoms with van der Waals surface area (Å²) in [4.78, 5) is 18.5. The summed E-state index contributed by atoms with van der Waals surface area (Å²) in [6, 6.07) is 8.26. The Balaban J connectivity index is 1.79. The van der Waals surface area contributed by atoms with E-state index in [0.29, 0.717) is 6.42 Å². The molecule has 5 heteroatoms. The second-order valence-electron chi connectivity index (χ2n) is 8.01. The van der Waals surface area contributed by atoms with Gasteiger partial charge in [-0.3, -0.25) is 9.69 Å². The number of esters is 1. The van der Waals surface area contributed by atoms with Gasteiger partial charge in [-0.05, 0) is 43.2 Å². The summed E-state index contributed by atoms with van der Waals surface area (Å²) in [6.45, 7) is 4.62. The minimum Gasteiger partial charge on any atom is -0.469 e. The third-order valence-electron chi connectivity index (χ3n) is 6.29. The Labute approximate surface area is 154 Å². The van der Waals surface area contributed by atoms with Gasteiger partial charge in [-0.2, -0.15) is 0 Å². The number of aromatic nitrogens is 1. The van der Waals surface area contributed by atoms with Crippen molar-refractivity contribution in [1.29, 1.82) is 0 Å². The van der Waals surface area contributed by atoms with Crippen LogP contribution in [0.3, 0.4) is 0 Å². The summed E-state index contributed by atoms with van der Waals surface area (Å²) < 4.78 is 5.16. The number of ether oxygens (including phenoxy) is 1. The smallest absolute Gasteiger partial charge is 0.314 e. The van der Waals surface area contributed by atoms with E-state index in [1.54, 1.807) is 0 Å². The fourth-order valence-electron chi connectivity index (χ4n) is 4.96. The average molecular weight is 356 g/mol. The standard InChI is InChI=1S/C21H28N2O3/c1-3-21(25)11-14-10-17(20(24)26-2)19-16(8-9-23(12-14)13-21)15-6-4-5-7-18(15)22-19/h4-7,14,17,22,25H,3,8-13H2,1-2H3/t14-,17?,21+/m1/s1. The number of aliphatic hydroxyl groups is 1. The quantitative estimate of drug-likeness (QED) is 0.812. The van der Waals surface area contributed by atoms with Crippen LogP contribution in [0.2, 0.25) is 0 Å². The molecule has 140 valence electrons. The van der Waals surface area contributed by atoms with Crippen molar-refractivity contribution in [1.82, 2.24) is 9.88 Å². The Morgan fingerprint density at radius 1 is 1.42 bits per heavy atom. The van der Waals surface area contributed by atoms with Crippen LogP contribution in [0.15, 0.2) is 24.3 Å². The lowest BCUT2D eigenvalue weighted by Crippen LogP contribution is -2.51. The van der Waals surface area contributed by atoms with E-state index in [1.807, 2.05) is 19.1 Å². The zero-order valence-corrected chi connectivity index (χ0v) is 15.6. The maximum absolute atomic E-state index is 12.7. The first kappa shape index (κ1) is 17.6. The minimum absolute atomic E-state index is 0.183. The lowest BCUT2D eigenvalue weighted by molar-refractivity contribution is -0.143. The Hall–Kier alpha value is -1.85. The van der Waals surface area contributed by atoms with Gasteiger partial charge in [0.1, 0.15) is 0 Å². The highest BCUT2D eigenvalue weighted by atomic mass is 16.5. The van der Waals surface area contributed by atoms with E-state index in [4.69, 9.17) is 4.74 Å². The van der Waals surface area contributed by atoms with Gasteiger partial charge in [-0.15, -0.1) is 0 Å². The maximum Gasteiger partial charge on any atom is 0.314 e. The van der Waals surface area contributed by atoms with Gasteiger partial charge in [-0.1, -0.05) is 25.1 Å². The van der Waals surface area contributed by atoms with E-state index in [1.165, 1.54) is 18.1 Å². The van der Waals surface area contributed by atoms with Crippen LogP contribution < -0.4 is 0 Å². The van der Waals surface area contributed by atoms with Gasteiger partial charge in [0.25, 0.3) is 0 Å². The zero-order valence-electron chi connectivity index (χ0n) is 15.6. The van der Waals surface area contributed by atoms with E-state index >= 15 is 0 Å². The Morgan fingerprint density at radius 3 is 3.00 bits per heavy atom. The van der Waals surface area contributed by atoms with Crippen molar-refractivity contribution in [3.63, 3.8) is 0 Å². The molecule has 3 heterocycles. The molecule has 0 saturated carbocycles. The molecule has 2 bridgehead atoms. The number of H-pyrrole nitrogens is 1. The first-order valence-corrected chi connectivity index (χ1v) is 9.65. The van der Waals surface area contributed by atoms with Crippen LogP contribution in [0, 0.1) is 5.92 Å². The molecule has 2 aromatic rings. The monoisotopic (exact) mass is 356 g/mol. The van der Waals surface area contributed by atoms with E-state index < -0.39 is 5.60 Å². The minimum atomic E-state index is -0.649. The Bertz CT molecular complexity index is 815. The maximum atomic E-state index is 12.7. The Morgan fingerprint density at radius 2 is 2.23 bits per heavy atom. The van der Waals surface area contributed by atoms with Crippen LogP contribution in [0.25, 0.3) is 10.9 Å². The predicted molar refractivity (Wildman–Crippen MR) is 101 cm³/mol. The summed E-state index contributed by atoms with van der Waals surface area (Å²) >= 11 is 0. The van der Waals surface area contributed by atoms with Gasteiger partial charge in [0.2, 0.25) is 0 Å². The van der Waals surface area contributed by atoms with Crippen LogP contribution in [-0.2, 0) is 16.0 Å². The topological polar surface area (TPSA) is 65.6 Å². The molecule has 1 aromatic heterocycles. The zero-order chi connectivity index (χ0) is 18.3. The van der Waals surface area contributed by atoms with Gasteiger partial charge in [0.05, 0.1) is 18.6 Å². The molecule has 2 aliphatic rings. The fourth-order valence-corrected chi connectivity index (χ4v) is 4.96. The number of nitrogens with one attached hydrogen (secondary N) is 1. The summed E-state index contributed by atoms with van der Waals surface area (Å²) in [5.41, 5.74) is 2.66. The second kappa shape index (κ2) is 6.71. The highest BCUT2D eigenvalue weighted by Gasteiger charge is 2.40. The van der Waals surface area contributed by atoms with Crippen molar-refractivity contribution in [2.24, 2.45) is 5.92 Å². The fraction of sp³-hybridized carbons (Fsp3) is 0.571. The number of rotatable bonds is 2. The van der Waals surface area contributed by atoms with Gasteiger partial charge in [0.15, 0.2) is 0 Å². The molecule has 1 saturated heterocycles. The molecule has 0 radical (unpaired) electrons. The number of carbonyl (C=O) groups is 1. The van der Waals surface area contributed by atoms with E-state index in [9.17, 15) is 9.90 Å². The number of aromatic amines is 1. The SMILES string of the molecule is CC[C@]1(O)C[C@H]2CC(C(=O)OC)c3[nH]c4ccccc4c3CCN(C2)C1. The second-order valence-corrected chi connectivity index (χ2v) is 8.01. The molecular weight excluding hydrogens is 328 g/mol. The van der Waals surface area contributed by atoms with Crippen molar-refractivity contribution in [3.05, 3.63) is 35.5 Å². The normalized spacial score (nSPS) is 31.6. The number of para-hydroxylation sites is 1. The van der Waals surface area contributed by atoms with Gasteiger partial charge in [0, 0.05) is 36.2 Å². The van der Waals surface area contributed by atoms with Crippen molar-refractivity contribution in [2.45, 2.75) is 44.1 Å². The first-order chi connectivity index (χ1) is 12.5. The highest BCUT2D eigenvalue weighted by Crippen LogP contribution is 2.39. The number of benzene rings is 1. The average Bonchev–Trinajstić information content (AvgIpc) is 3.02. The number of carbonyl (C=O) groups excluding carboxylic acids is 1. The molecule has 0 amide bonds. The van der Waals surface area contributed by atoms with E-state index in [0.717, 1.165) is 50.1 Å². The van der Waals surface area contributed by atoms with Crippen molar-refractivity contribution >= 4 is 16.9 Å². The number of nitrogens with zero attached hydrogens (tertiary/aromatic N) is 1. The van der Waals surface area contributed by atoms with Crippen molar-refractivity contribution < 1.29 is 14.6 Å². The lowest BCUT2D eigenvalue weighted by Gasteiger charge is -2.43. The van der Waals surface area contributed by atoms with Crippen LogP contribution in [-0.4, -0.2) is 53.3 Å². The predicted octanol–water partition coefficient (Wildman–Crippen LogP) is 2.83. The molecule has 5 nitrogen and oxygen atoms in total. The molecule has 26 heavy (non-hydrogen) atoms. The molecule has 1 fully saturated rings. The number of hydrogen-bond donors (Lipinski definition) is 2. The third-order valence-corrected chi connectivity index (χ3v) is 6.29. The summed E-state index contributed by atoms with van der Waals surface area (Å²) in [5.74, 6) is -0.196.